The molecule has 1 N–H and O–H groups in total. The first-order chi connectivity index (χ1) is 6.34. The van der Waals surface area contributed by atoms with Crippen LogP contribution in [-0.2, 0) is 4.79 Å². The molecule has 1 atom stereocenters. The van der Waals surface area contributed by atoms with Crippen molar-refractivity contribution in [3.8, 4) is 0 Å². The van der Waals surface area contributed by atoms with Gasteiger partial charge in [-0.3, -0.25) is 4.79 Å². The predicted octanol–water partition coefficient (Wildman–Crippen LogP) is 2.56. The van der Waals surface area contributed by atoms with Crippen LogP contribution in [0.15, 0.2) is 0 Å². The molecule has 0 aromatic carbocycles. The van der Waals surface area contributed by atoms with E-state index >= 15 is 0 Å². The predicted molar refractivity (Wildman–Crippen MR) is 62.0 cm³/mol. The molecule has 0 radical (unpaired) electrons. The van der Waals surface area contributed by atoms with E-state index in [1.807, 2.05) is 0 Å². The van der Waals surface area contributed by atoms with Crippen molar-refractivity contribution in [1.82, 2.24) is 5.32 Å². The molecule has 84 valence electrons. The topological polar surface area (TPSA) is 29.1 Å². The fourth-order valence-corrected chi connectivity index (χ4v) is 1.85. The standard InChI is InChI=1S/C11H21NO.ClH/c1-2-3-8-12-9-10-6-4-5-7-11(10)13;/h10,12H,2-9H2,1H3;1H. The maximum Gasteiger partial charge on any atom is 0.137 e. The number of ketones is 1. The maximum absolute atomic E-state index is 11.4. The van der Waals surface area contributed by atoms with E-state index in [0.717, 1.165) is 32.4 Å². The van der Waals surface area contributed by atoms with Crippen molar-refractivity contribution in [3.63, 3.8) is 0 Å². The Kier molecular flexibility index (Phi) is 8.20. The fourth-order valence-electron chi connectivity index (χ4n) is 1.85. The van der Waals surface area contributed by atoms with Gasteiger partial charge in [-0.2, -0.15) is 0 Å². The van der Waals surface area contributed by atoms with Gasteiger partial charge in [0, 0.05) is 18.9 Å². The highest BCUT2D eigenvalue weighted by Gasteiger charge is 2.20. The molecule has 3 heteroatoms. The molecule has 0 bridgehead atoms. The lowest BCUT2D eigenvalue weighted by molar-refractivity contribution is -0.124. The second kappa shape index (κ2) is 8.25. The minimum absolute atomic E-state index is 0. The van der Waals surface area contributed by atoms with Crippen LogP contribution in [0.4, 0.5) is 0 Å². The van der Waals surface area contributed by atoms with Gasteiger partial charge in [-0.15, -0.1) is 12.4 Å². The Morgan fingerprint density at radius 1 is 1.43 bits per heavy atom. The highest BCUT2D eigenvalue weighted by atomic mass is 35.5. The number of carbonyl (C=O) groups is 1. The lowest BCUT2D eigenvalue weighted by Gasteiger charge is -2.20. The summed E-state index contributed by atoms with van der Waals surface area (Å²) in [7, 11) is 0. The highest BCUT2D eigenvalue weighted by Crippen LogP contribution is 2.19. The van der Waals surface area contributed by atoms with Gasteiger partial charge in [0.1, 0.15) is 5.78 Å². The van der Waals surface area contributed by atoms with E-state index in [-0.39, 0.29) is 12.4 Å². The molecule has 0 heterocycles. The van der Waals surface area contributed by atoms with Gasteiger partial charge in [-0.25, -0.2) is 0 Å². The van der Waals surface area contributed by atoms with Crippen LogP contribution in [0.1, 0.15) is 45.4 Å². The Morgan fingerprint density at radius 2 is 2.21 bits per heavy atom. The van der Waals surface area contributed by atoms with Crippen molar-refractivity contribution in [2.45, 2.75) is 45.4 Å². The van der Waals surface area contributed by atoms with Crippen LogP contribution in [-0.4, -0.2) is 18.9 Å². The Morgan fingerprint density at radius 3 is 2.86 bits per heavy atom. The molecule has 0 spiro atoms. The molecular formula is C11H22ClNO. The second-order valence-corrected chi connectivity index (χ2v) is 3.97. The van der Waals surface area contributed by atoms with Gasteiger partial charge in [0.2, 0.25) is 0 Å². The zero-order valence-electron chi connectivity index (χ0n) is 9.05. The summed E-state index contributed by atoms with van der Waals surface area (Å²) in [5, 5.41) is 3.37. The van der Waals surface area contributed by atoms with Crippen molar-refractivity contribution < 1.29 is 4.79 Å². The number of Topliss-reactive ketones (excluding diaryl/α,β-unsaturated/α-hetero) is 1. The maximum atomic E-state index is 11.4. The molecule has 1 aliphatic carbocycles. The molecule has 14 heavy (non-hydrogen) atoms. The second-order valence-electron chi connectivity index (χ2n) is 3.97. The van der Waals surface area contributed by atoms with Crippen LogP contribution in [0.25, 0.3) is 0 Å². The van der Waals surface area contributed by atoms with Crippen molar-refractivity contribution in [1.29, 1.82) is 0 Å². The SMILES string of the molecule is CCCCNCC1CCCCC1=O.Cl. The molecule has 0 aromatic heterocycles. The van der Waals surface area contributed by atoms with Crippen LogP contribution >= 0.6 is 12.4 Å². The monoisotopic (exact) mass is 219 g/mol. The molecular weight excluding hydrogens is 198 g/mol. The molecule has 0 aliphatic heterocycles. The number of hydrogen-bond donors (Lipinski definition) is 1. The van der Waals surface area contributed by atoms with E-state index in [0.29, 0.717) is 11.7 Å². The molecule has 1 rings (SSSR count). The molecule has 2 nitrogen and oxygen atoms in total. The van der Waals surface area contributed by atoms with Gasteiger partial charge in [0.05, 0.1) is 0 Å². The van der Waals surface area contributed by atoms with Gasteiger partial charge < -0.3 is 5.32 Å². The van der Waals surface area contributed by atoms with Crippen molar-refractivity contribution in [2.24, 2.45) is 5.92 Å². The first-order valence-corrected chi connectivity index (χ1v) is 5.58. The zero-order chi connectivity index (χ0) is 9.52. The van der Waals surface area contributed by atoms with E-state index in [2.05, 4.69) is 12.2 Å². The summed E-state index contributed by atoms with van der Waals surface area (Å²) in [6.07, 6.45) is 6.74. The fraction of sp³-hybridized carbons (Fsp3) is 0.909. The van der Waals surface area contributed by atoms with Crippen LogP contribution < -0.4 is 5.32 Å². The van der Waals surface area contributed by atoms with Gasteiger partial charge >= 0.3 is 0 Å². The van der Waals surface area contributed by atoms with E-state index in [1.165, 1.54) is 19.3 Å². The van der Waals surface area contributed by atoms with Crippen LogP contribution in [0.5, 0.6) is 0 Å². The minimum Gasteiger partial charge on any atom is -0.316 e. The summed E-state index contributed by atoms with van der Waals surface area (Å²) in [6, 6.07) is 0. The summed E-state index contributed by atoms with van der Waals surface area (Å²) in [4.78, 5) is 11.4. The number of unbranched alkanes of at least 4 members (excludes halogenated alkanes) is 1. The average Bonchev–Trinajstić information content (AvgIpc) is 2.15. The van der Waals surface area contributed by atoms with Gasteiger partial charge in [0.25, 0.3) is 0 Å². The normalized spacial score (nSPS) is 21.8. The third-order valence-corrected chi connectivity index (χ3v) is 2.78. The highest BCUT2D eigenvalue weighted by molar-refractivity contribution is 5.85. The van der Waals surface area contributed by atoms with E-state index in [4.69, 9.17) is 0 Å². The van der Waals surface area contributed by atoms with Crippen LogP contribution in [0.2, 0.25) is 0 Å². The van der Waals surface area contributed by atoms with Crippen molar-refractivity contribution in [3.05, 3.63) is 0 Å². The molecule has 0 aromatic rings. The van der Waals surface area contributed by atoms with E-state index in [9.17, 15) is 4.79 Å². The Balaban J connectivity index is 0.00000169. The Hall–Kier alpha value is -0.0800. The van der Waals surface area contributed by atoms with Crippen molar-refractivity contribution >= 4 is 18.2 Å². The molecule has 1 unspecified atom stereocenters. The van der Waals surface area contributed by atoms with Crippen LogP contribution in [0, 0.1) is 5.92 Å². The smallest absolute Gasteiger partial charge is 0.137 e. The lowest BCUT2D eigenvalue weighted by atomic mass is 9.88. The number of nitrogens with one attached hydrogen (secondary N) is 1. The van der Waals surface area contributed by atoms with Gasteiger partial charge in [-0.1, -0.05) is 19.8 Å². The Bertz CT molecular complexity index is 161. The van der Waals surface area contributed by atoms with E-state index in [1.54, 1.807) is 0 Å². The summed E-state index contributed by atoms with van der Waals surface area (Å²) in [5.74, 6) is 0.806. The third kappa shape index (κ3) is 4.97. The molecule has 1 saturated carbocycles. The summed E-state index contributed by atoms with van der Waals surface area (Å²) in [5.41, 5.74) is 0. The number of hydrogen-bond acceptors (Lipinski definition) is 2. The molecule has 1 aliphatic rings. The number of halogens is 1. The summed E-state index contributed by atoms with van der Waals surface area (Å²) < 4.78 is 0. The van der Waals surface area contributed by atoms with Crippen molar-refractivity contribution in [2.75, 3.05) is 13.1 Å². The quantitative estimate of drug-likeness (QED) is 0.721. The third-order valence-electron chi connectivity index (χ3n) is 2.78. The average molecular weight is 220 g/mol. The molecule has 1 fully saturated rings. The van der Waals surface area contributed by atoms with E-state index < -0.39 is 0 Å². The largest absolute Gasteiger partial charge is 0.316 e. The lowest BCUT2D eigenvalue weighted by Crippen LogP contribution is -2.31. The summed E-state index contributed by atoms with van der Waals surface area (Å²) in [6.45, 7) is 4.17. The number of rotatable bonds is 5. The first-order valence-electron chi connectivity index (χ1n) is 5.58. The van der Waals surface area contributed by atoms with Gasteiger partial charge in [-0.05, 0) is 25.8 Å². The van der Waals surface area contributed by atoms with Gasteiger partial charge in [0.15, 0.2) is 0 Å². The summed E-state index contributed by atoms with van der Waals surface area (Å²) >= 11 is 0. The van der Waals surface area contributed by atoms with Crippen LogP contribution in [0.3, 0.4) is 0 Å². The molecule has 0 saturated heterocycles. The zero-order valence-corrected chi connectivity index (χ0v) is 9.87. The molecule has 0 amide bonds. The minimum atomic E-state index is 0. The number of carbonyl (C=O) groups excluding carboxylic acids is 1. The first kappa shape index (κ1) is 13.9. The Labute approximate surface area is 93.2 Å².